The SMILES string of the molecule is CC1CCC(NCC(CNC(=O)OC(C)(C)C)C(C)C)CC1. The fraction of sp³-hybridized carbons (Fsp3) is 0.944. The Labute approximate surface area is 136 Å². The summed E-state index contributed by atoms with van der Waals surface area (Å²) < 4.78 is 5.30. The number of nitrogens with one attached hydrogen (secondary N) is 2. The molecule has 0 saturated heterocycles. The highest BCUT2D eigenvalue weighted by Crippen LogP contribution is 2.23. The van der Waals surface area contributed by atoms with Crippen LogP contribution in [0.15, 0.2) is 0 Å². The van der Waals surface area contributed by atoms with Crippen molar-refractivity contribution in [3.63, 3.8) is 0 Å². The van der Waals surface area contributed by atoms with Crippen LogP contribution in [-0.2, 0) is 4.74 Å². The fourth-order valence-corrected chi connectivity index (χ4v) is 2.85. The van der Waals surface area contributed by atoms with E-state index in [1.54, 1.807) is 0 Å². The van der Waals surface area contributed by atoms with Gasteiger partial charge in [-0.25, -0.2) is 4.79 Å². The molecule has 1 saturated carbocycles. The van der Waals surface area contributed by atoms with Crippen molar-refractivity contribution in [2.24, 2.45) is 17.8 Å². The third kappa shape index (κ3) is 8.02. The van der Waals surface area contributed by atoms with Crippen LogP contribution in [-0.4, -0.2) is 30.8 Å². The van der Waals surface area contributed by atoms with Gasteiger partial charge in [0.05, 0.1) is 0 Å². The van der Waals surface area contributed by atoms with Crippen LogP contribution < -0.4 is 10.6 Å². The first kappa shape index (κ1) is 19.3. The molecule has 1 amide bonds. The highest BCUT2D eigenvalue weighted by atomic mass is 16.6. The Bertz CT molecular complexity index is 328. The van der Waals surface area contributed by atoms with Crippen molar-refractivity contribution in [1.82, 2.24) is 10.6 Å². The van der Waals surface area contributed by atoms with Crippen LogP contribution in [0.2, 0.25) is 0 Å². The van der Waals surface area contributed by atoms with Gasteiger partial charge in [0.15, 0.2) is 0 Å². The number of amides is 1. The number of hydrogen-bond acceptors (Lipinski definition) is 3. The molecule has 0 heterocycles. The number of carbonyl (C=O) groups excluding carboxylic acids is 1. The molecular formula is C18H36N2O2. The van der Waals surface area contributed by atoms with Gasteiger partial charge in [-0.2, -0.15) is 0 Å². The first-order valence-electron chi connectivity index (χ1n) is 8.87. The number of carbonyl (C=O) groups is 1. The topological polar surface area (TPSA) is 50.4 Å². The van der Waals surface area contributed by atoms with Crippen molar-refractivity contribution in [2.75, 3.05) is 13.1 Å². The molecule has 0 radical (unpaired) electrons. The smallest absolute Gasteiger partial charge is 0.407 e. The molecule has 1 rings (SSSR count). The summed E-state index contributed by atoms with van der Waals surface area (Å²) in [6.07, 6.45) is 4.92. The minimum absolute atomic E-state index is 0.315. The van der Waals surface area contributed by atoms with Gasteiger partial charge in [-0.1, -0.05) is 20.8 Å². The first-order chi connectivity index (χ1) is 10.2. The maximum atomic E-state index is 11.8. The van der Waals surface area contributed by atoms with E-state index in [-0.39, 0.29) is 6.09 Å². The zero-order valence-corrected chi connectivity index (χ0v) is 15.4. The van der Waals surface area contributed by atoms with E-state index in [0.29, 0.717) is 24.4 Å². The Morgan fingerprint density at radius 2 is 1.73 bits per heavy atom. The molecule has 4 nitrogen and oxygen atoms in total. The van der Waals surface area contributed by atoms with Gasteiger partial charge in [-0.3, -0.25) is 0 Å². The average Bonchev–Trinajstić information content (AvgIpc) is 2.38. The molecule has 0 aromatic rings. The lowest BCUT2D eigenvalue weighted by atomic mass is 9.87. The van der Waals surface area contributed by atoms with E-state index >= 15 is 0 Å². The maximum Gasteiger partial charge on any atom is 0.407 e. The van der Waals surface area contributed by atoms with Crippen LogP contribution in [0.3, 0.4) is 0 Å². The predicted octanol–water partition coefficient (Wildman–Crippen LogP) is 3.95. The van der Waals surface area contributed by atoms with Gasteiger partial charge in [0.2, 0.25) is 0 Å². The van der Waals surface area contributed by atoms with Crippen LogP contribution in [0, 0.1) is 17.8 Å². The van der Waals surface area contributed by atoms with Gasteiger partial charge in [0, 0.05) is 19.1 Å². The van der Waals surface area contributed by atoms with Gasteiger partial charge in [0.1, 0.15) is 5.60 Å². The van der Waals surface area contributed by atoms with E-state index in [4.69, 9.17) is 4.74 Å². The summed E-state index contributed by atoms with van der Waals surface area (Å²) >= 11 is 0. The fourth-order valence-electron chi connectivity index (χ4n) is 2.85. The summed E-state index contributed by atoms with van der Waals surface area (Å²) in [5.74, 6) is 1.85. The van der Waals surface area contributed by atoms with E-state index in [2.05, 4.69) is 31.4 Å². The third-order valence-corrected chi connectivity index (χ3v) is 4.53. The lowest BCUT2D eigenvalue weighted by Gasteiger charge is -2.30. The van der Waals surface area contributed by atoms with Crippen molar-refractivity contribution < 1.29 is 9.53 Å². The Kier molecular flexibility index (Phi) is 7.67. The zero-order chi connectivity index (χ0) is 16.8. The quantitative estimate of drug-likeness (QED) is 0.780. The third-order valence-electron chi connectivity index (χ3n) is 4.53. The summed E-state index contributed by atoms with van der Waals surface area (Å²) in [4.78, 5) is 11.8. The van der Waals surface area contributed by atoms with Crippen molar-refractivity contribution in [3.8, 4) is 0 Å². The first-order valence-corrected chi connectivity index (χ1v) is 8.87. The van der Waals surface area contributed by atoms with Gasteiger partial charge in [-0.15, -0.1) is 0 Å². The minimum Gasteiger partial charge on any atom is -0.444 e. The zero-order valence-electron chi connectivity index (χ0n) is 15.4. The molecule has 130 valence electrons. The largest absolute Gasteiger partial charge is 0.444 e. The monoisotopic (exact) mass is 312 g/mol. The van der Waals surface area contributed by atoms with E-state index in [1.807, 2.05) is 20.8 Å². The van der Waals surface area contributed by atoms with Crippen LogP contribution in [0.25, 0.3) is 0 Å². The lowest BCUT2D eigenvalue weighted by molar-refractivity contribution is 0.0514. The molecule has 2 N–H and O–H groups in total. The molecule has 1 unspecified atom stereocenters. The molecule has 0 spiro atoms. The predicted molar refractivity (Wildman–Crippen MR) is 92.0 cm³/mol. The second-order valence-corrected chi connectivity index (χ2v) is 8.25. The van der Waals surface area contributed by atoms with Crippen LogP contribution >= 0.6 is 0 Å². The lowest BCUT2D eigenvalue weighted by Crippen LogP contribution is -2.42. The standard InChI is InChI=1S/C18H36N2O2/c1-13(2)15(12-20-17(21)22-18(4,5)6)11-19-16-9-7-14(3)8-10-16/h13-16,19H,7-12H2,1-6H3,(H,20,21). The molecule has 22 heavy (non-hydrogen) atoms. The normalized spacial score (nSPS) is 24.1. The van der Waals surface area contributed by atoms with Gasteiger partial charge in [0.25, 0.3) is 0 Å². The number of rotatable bonds is 6. The highest BCUT2D eigenvalue weighted by Gasteiger charge is 2.22. The molecular weight excluding hydrogens is 276 g/mol. The Balaban J connectivity index is 2.31. The number of alkyl carbamates (subject to hydrolysis) is 1. The number of hydrogen-bond donors (Lipinski definition) is 2. The Morgan fingerprint density at radius 3 is 2.23 bits per heavy atom. The summed E-state index contributed by atoms with van der Waals surface area (Å²) in [5.41, 5.74) is -0.436. The van der Waals surface area contributed by atoms with Crippen LogP contribution in [0.1, 0.15) is 67.2 Å². The van der Waals surface area contributed by atoms with Crippen LogP contribution in [0.4, 0.5) is 4.79 Å². The molecule has 1 atom stereocenters. The van der Waals surface area contributed by atoms with Crippen molar-refractivity contribution >= 4 is 6.09 Å². The second-order valence-electron chi connectivity index (χ2n) is 8.25. The van der Waals surface area contributed by atoms with Gasteiger partial charge in [-0.05, 0) is 64.2 Å². The summed E-state index contributed by atoms with van der Waals surface area (Å²) in [6, 6.07) is 0.652. The average molecular weight is 312 g/mol. The van der Waals surface area contributed by atoms with E-state index in [1.165, 1.54) is 25.7 Å². The molecule has 4 heteroatoms. The molecule has 0 bridgehead atoms. The van der Waals surface area contributed by atoms with Crippen molar-refractivity contribution in [1.29, 1.82) is 0 Å². The van der Waals surface area contributed by atoms with Crippen LogP contribution in [0.5, 0.6) is 0 Å². The molecule has 0 aromatic heterocycles. The van der Waals surface area contributed by atoms with Gasteiger partial charge >= 0.3 is 6.09 Å². The molecule has 1 aliphatic rings. The van der Waals surface area contributed by atoms with E-state index in [9.17, 15) is 4.79 Å². The maximum absolute atomic E-state index is 11.8. The summed E-state index contributed by atoms with van der Waals surface area (Å²) in [6.45, 7) is 14.1. The Hall–Kier alpha value is -0.770. The van der Waals surface area contributed by atoms with Crippen molar-refractivity contribution in [2.45, 2.75) is 78.9 Å². The molecule has 0 aliphatic heterocycles. The van der Waals surface area contributed by atoms with E-state index < -0.39 is 5.60 Å². The molecule has 0 aromatic carbocycles. The Morgan fingerprint density at radius 1 is 1.14 bits per heavy atom. The number of ether oxygens (including phenoxy) is 1. The highest BCUT2D eigenvalue weighted by molar-refractivity contribution is 5.67. The van der Waals surface area contributed by atoms with Gasteiger partial charge < -0.3 is 15.4 Å². The summed E-state index contributed by atoms with van der Waals surface area (Å²) in [5, 5.41) is 6.62. The second kappa shape index (κ2) is 8.76. The summed E-state index contributed by atoms with van der Waals surface area (Å²) in [7, 11) is 0. The minimum atomic E-state index is -0.436. The molecule has 1 fully saturated rings. The molecule has 1 aliphatic carbocycles. The van der Waals surface area contributed by atoms with Crippen molar-refractivity contribution in [3.05, 3.63) is 0 Å². The van der Waals surface area contributed by atoms with E-state index in [0.717, 1.165) is 12.5 Å².